The monoisotopic (exact) mass is 257 g/mol. The molecule has 3 rings (SSSR count). The summed E-state index contributed by atoms with van der Waals surface area (Å²) in [7, 11) is 0. The summed E-state index contributed by atoms with van der Waals surface area (Å²) in [5.74, 6) is 0.408. The molecule has 0 unspecified atom stereocenters. The molecule has 2 heterocycles. The van der Waals surface area contributed by atoms with Crippen molar-refractivity contribution in [2.75, 3.05) is 12.3 Å². The molecule has 0 saturated heterocycles. The second-order valence-corrected chi connectivity index (χ2v) is 4.63. The van der Waals surface area contributed by atoms with Gasteiger partial charge in [0.2, 0.25) is 5.95 Å². The number of fused-ring (bicyclic) bond motifs is 1. The Kier molecular flexibility index (Phi) is 2.79. The molecule has 0 aromatic carbocycles. The lowest BCUT2D eigenvalue weighted by Gasteiger charge is -2.12. The van der Waals surface area contributed by atoms with Gasteiger partial charge < -0.3 is 15.4 Å². The molecule has 0 radical (unpaired) electrons. The Morgan fingerprint density at radius 2 is 2.32 bits per heavy atom. The standard InChI is InChI=1S/C13H15N5O/c1-2-10-11-12(17-13(14)16-10)18(7-15-11)9-4-3-8(5-9)6-19/h2-4,7-9,19H,1,5-6H2,(H2,14,16,17)/t8-,9+/m1/s1. The molecule has 3 N–H and O–H groups in total. The van der Waals surface area contributed by atoms with E-state index in [4.69, 9.17) is 5.73 Å². The number of hydrogen-bond acceptors (Lipinski definition) is 5. The molecular weight excluding hydrogens is 242 g/mol. The van der Waals surface area contributed by atoms with E-state index in [-0.39, 0.29) is 24.5 Å². The highest BCUT2D eigenvalue weighted by Gasteiger charge is 2.22. The van der Waals surface area contributed by atoms with Crippen LogP contribution in [-0.2, 0) is 0 Å². The maximum absolute atomic E-state index is 9.19. The van der Waals surface area contributed by atoms with Crippen LogP contribution in [0.4, 0.5) is 5.95 Å². The van der Waals surface area contributed by atoms with E-state index in [9.17, 15) is 5.11 Å². The second-order valence-electron chi connectivity index (χ2n) is 4.63. The van der Waals surface area contributed by atoms with Crippen molar-refractivity contribution in [1.82, 2.24) is 19.5 Å². The summed E-state index contributed by atoms with van der Waals surface area (Å²) in [4.78, 5) is 12.7. The fourth-order valence-electron chi connectivity index (χ4n) is 2.44. The van der Waals surface area contributed by atoms with E-state index >= 15 is 0 Å². The molecule has 2 aromatic heterocycles. The van der Waals surface area contributed by atoms with Crippen LogP contribution in [0.2, 0.25) is 0 Å². The summed E-state index contributed by atoms with van der Waals surface area (Å²) in [6, 6.07) is 0.147. The first-order valence-corrected chi connectivity index (χ1v) is 6.14. The molecule has 0 bridgehead atoms. The third-order valence-electron chi connectivity index (χ3n) is 3.40. The number of imidazole rings is 1. The molecule has 6 nitrogen and oxygen atoms in total. The maximum Gasteiger partial charge on any atom is 0.222 e. The average molecular weight is 257 g/mol. The van der Waals surface area contributed by atoms with Gasteiger partial charge in [0.1, 0.15) is 5.52 Å². The zero-order chi connectivity index (χ0) is 13.4. The lowest BCUT2D eigenvalue weighted by molar-refractivity contribution is 0.244. The molecule has 1 aliphatic carbocycles. The number of aliphatic hydroxyl groups is 1. The van der Waals surface area contributed by atoms with E-state index < -0.39 is 0 Å². The lowest BCUT2D eigenvalue weighted by atomic mass is 10.1. The third kappa shape index (κ3) is 1.90. The van der Waals surface area contributed by atoms with Gasteiger partial charge in [-0.25, -0.2) is 9.97 Å². The van der Waals surface area contributed by atoms with Crippen LogP contribution in [0.3, 0.4) is 0 Å². The molecular formula is C13H15N5O. The van der Waals surface area contributed by atoms with E-state index in [1.165, 1.54) is 0 Å². The fraction of sp³-hybridized carbons (Fsp3) is 0.308. The van der Waals surface area contributed by atoms with Gasteiger partial charge in [-0.1, -0.05) is 18.7 Å². The van der Waals surface area contributed by atoms with Crippen molar-refractivity contribution in [2.45, 2.75) is 12.5 Å². The first-order valence-electron chi connectivity index (χ1n) is 6.14. The molecule has 0 fully saturated rings. The predicted octanol–water partition coefficient (Wildman–Crippen LogP) is 1.16. The molecule has 2 aromatic rings. The van der Waals surface area contributed by atoms with Gasteiger partial charge in [-0.15, -0.1) is 0 Å². The molecule has 0 spiro atoms. The molecule has 0 saturated carbocycles. The van der Waals surface area contributed by atoms with E-state index in [0.717, 1.165) is 6.42 Å². The number of aliphatic hydroxyl groups excluding tert-OH is 1. The Morgan fingerprint density at radius 1 is 1.47 bits per heavy atom. The summed E-state index contributed by atoms with van der Waals surface area (Å²) in [6.45, 7) is 3.87. The van der Waals surface area contributed by atoms with Crippen molar-refractivity contribution in [1.29, 1.82) is 0 Å². The van der Waals surface area contributed by atoms with Crippen LogP contribution in [0.1, 0.15) is 18.2 Å². The molecule has 19 heavy (non-hydrogen) atoms. The van der Waals surface area contributed by atoms with Gasteiger partial charge in [-0.05, 0) is 12.5 Å². The van der Waals surface area contributed by atoms with Gasteiger partial charge >= 0.3 is 0 Å². The van der Waals surface area contributed by atoms with Gasteiger partial charge in [0.25, 0.3) is 0 Å². The van der Waals surface area contributed by atoms with Crippen LogP contribution >= 0.6 is 0 Å². The number of nitrogen functional groups attached to an aromatic ring is 1. The SMILES string of the molecule is C=Cc1nc(N)nc2c1ncn2[C@H]1C=C[C@@H](CO)C1. The molecule has 0 amide bonds. The van der Waals surface area contributed by atoms with Gasteiger partial charge in [0, 0.05) is 12.5 Å². The third-order valence-corrected chi connectivity index (χ3v) is 3.40. The maximum atomic E-state index is 9.19. The zero-order valence-electron chi connectivity index (χ0n) is 10.4. The number of anilines is 1. The first-order chi connectivity index (χ1) is 9.22. The number of hydrogen-bond donors (Lipinski definition) is 2. The fourth-order valence-corrected chi connectivity index (χ4v) is 2.44. The van der Waals surface area contributed by atoms with Crippen LogP contribution in [-0.4, -0.2) is 31.2 Å². The Bertz CT molecular complexity index is 660. The number of allylic oxidation sites excluding steroid dienone is 1. The Labute approximate surface area is 110 Å². The summed E-state index contributed by atoms with van der Waals surface area (Å²) < 4.78 is 1.96. The summed E-state index contributed by atoms with van der Waals surface area (Å²) >= 11 is 0. The van der Waals surface area contributed by atoms with Gasteiger partial charge in [-0.2, -0.15) is 4.98 Å². The van der Waals surface area contributed by atoms with Crippen molar-refractivity contribution >= 4 is 23.2 Å². The van der Waals surface area contributed by atoms with E-state index in [1.807, 2.05) is 10.6 Å². The molecule has 1 aliphatic rings. The Hall–Kier alpha value is -2.21. The number of aromatic nitrogens is 4. The quantitative estimate of drug-likeness (QED) is 0.805. The molecule has 0 aliphatic heterocycles. The van der Waals surface area contributed by atoms with Crippen LogP contribution < -0.4 is 5.73 Å². The first kappa shape index (κ1) is 11.9. The lowest BCUT2D eigenvalue weighted by Crippen LogP contribution is -2.08. The smallest absolute Gasteiger partial charge is 0.222 e. The largest absolute Gasteiger partial charge is 0.396 e. The number of rotatable bonds is 3. The van der Waals surface area contributed by atoms with Crippen molar-refractivity contribution in [3.63, 3.8) is 0 Å². The number of nitrogens with two attached hydrogens (primary N) is 1. The van der Waals surface area contributed by atoms with E-state index in [2.05, 4.69) is 27.6 Å². The normalized spacial score (nSPS) is 22.2. The highest BCUT2D eigenvalue weighted by atomic mass is 16.3. The van der Waals surface area contributed by atoms with Gasteiger partial charge in [0.15, 0.2) is 5.65 Å². The van der Waals surface area contributed by atoms with Crippen LogP contribution in [0.5, 0.6) is 0 Å². The zero-order valence-corrected chi connectivity index (χ0v) is 10.4. The van der Waals surface area contributed by atoms with E-state index in [0.29, 0.717) is 16.9 Å². The minimum atomic E-state index is 0.147. The Balaban J connectivity index is 2.09. The van der Waals surface area contributed by atoms with Crippen LogP contribution in [0.25, 0.3) is 17.2 Å². The van der Waals surface area contributed by atoms with Crippen molar-refractivity contribution in [3.05, 3.63) is 30.8 Å². The number of nitrogens with zero attached hydrogens (tertiary/aromatic N) is 4. The van der Waals surface area contributed by atoms with Gasteiger partial charge in [0.05, 0.1) is 18.1 Å². The molecule has 2 atom stereocenters. The van der Waals surface area contributed by atoms with Crippen LogP contribution in [0.15, 0.2) is 25.1 Å². The highest BCUT2D eigenvalue weighted by Crippen LogP contribution is 2.30. The summed E-state index contributed by atoms with van der Waals surface area (Å²) in [5, 5.41) is 9.19. The Morgan fingerprint density at radius 3 is 3.00 bits per heavy atom. The van der Waals surface area contributed by atoms with Crippen molar-refractivity contribution < 1.29 is 5.11 Å². The second kappa shape index (κ2) is 4.47. The van der Waals surface area contributed by atoms with E-state index in [1.54, 1.807) is 12.4 Å². The topological polar surface area (TPSA) is 89.9 Å². The van der Waals surface area contributed by atoms with Crippen LogP contribution in [0, 0.1) is 5.92 Å². The molecule has 98 valence electrons. The predicted molar refractivity (Wildman–Crippen MR) is 73.2 cm³/mol. The van der Waals surface area contributed by atoms with Gasteiger partial charge in [-0.3, -0.25) is 0 Å². The van der Waals surface area contributed by atoms with Crippen molar-refractivity contribution in [3.8, 4) is 0 Å². The minimum Gasteiger partial charge on any atom is -0.396 e. The average Bonchev–Trinajstić information content (AvgIpc) is 3.03. The minimum absolute atomic E-state index is 0.147. The summed E-state index contributed by atoms with van der Waals surface area (Å²) in [5.41, 5.74) is 7.76. The molecule has 6 heteroatoms. The van der Waals surface area contributed by atoms with Crippen molar-refractivity contribution in [2.24, 2.45) is 5.92 Å². The summed E-state index contributed by atoms with van der Waals surface area (Å²) in [6.07, 6.45) is 8.29. The highest BCUT2D eigenvalue weighted by molar-refractivity contribution is 5.80.